The van der Waals surface area contributed by atoms with E-state index in [0.717, 1.165) is 24.0 Å². The molecule has 1 saturated heterocycles. The smallest absolute Gasteiger partial charge is 0.350 e. The molecule has 2 heterocycles. The lowest BCUT2D eigenvalue weighted by atomic mass is 9.71. The molecule has 1 fully saturated rings. The van der Waals surface area contributed by atoms with Gasteiger partial charge in [-0.15, -0.1) is 0 Å². The molecule has 1 aliphatic heterocycles. The molecular weight excluding hydrogens is 598 g/mol. The number of aliphatic hydroxyl groups is 2. The highest BCUT2D eigenvalue weighted by molar-refractivity contribution is 6.33. The number of nitrogen functional groups attached to an aromatic ring is 1. The quantitative estimate of drug-likeness (QED) is 0.0958. The summed E-state index contributed by atoms with van der Waals surface area (Å²) in [6.45, 7) is 6.26. The molecule has 0 bridgehead atoms. The number of nitrogens with one attached hydrogen (secondary N) is 1. The van der Waals surface area contributed by atoms with Crippen LogP contribution in [-0.4, -0.2) is 75.8 Å². The van der Waals surface area contributed by atoms with Gasteiger partial charge < -0.3 is 30.7 Å². The van der Waals surface area contributed by atoms with E-state index in [2.05, 4.69) is 29.4 Å². The van der Waals surface area contributed by atoms with Gasteiger partial charge in [-0.25, -0.2) is 9.78 Å². The highest BCUT2D eigenvalue weighted by atomic mass is 16.7. The van der Waals surface area contributed by atoms with Crippen molar-refractivity contribution in [2.45, 2.75) is 89.1 Å². The Kier molecular flexibility index (Phi) is 10.8. The molecule has 6 atom stereocenters. The van der Waals surface area contributed by atoms with Crippen LogP contribution in [0.1, 0.15) is 85.6 Å². The molecule has 3 aliphatic rings. The van der Waals surface area contributed by atoms with Gasteiger partial charge in [0.1, 0.15) is 11.9 Å². The lowest BCUT2D eigenvalue weighted by Crippen LogP contribution is -2.53. The molecule has 1 aromatic heterocycles. The molecule has 10 heteroatoms. The van der Waals surface area contributed by atoms with E-state index in [1.165, 1.54) is 6.07 Å². The first-order valence-corrected chi connectivity index (χ1v) is 16.8. The van der Waals surface area contributed by atoms with E-state index in [1.807, 2.05) is 19.9 Å². The molecular formula is C37H47N3O7. The topological polar surface area (TPSA) is 164 Å². The van der Waals surface area contributed by atoms with Crippen molar-refractivity contribution in [3.05, 3.63) is 82.6 Å². The van der Waals surface area contributed by atoms with E-state index in [9.17, 15) is 24.6 Å². The number of carbonyl (C=O) groups excluding carboxylic acids is 3. The first kappa shape index (κ1) is 34.6. The third-order valence-corrected chi connectivity index (χ3v) is 10.1. The Labute approximate surface area is 276 Å². The Morgan fingerprint density at radius 2 is 1.89 bits per heavy atom. The van der Waals surface area contributed by atoms with E-state index in [4.69, 9.17) is 15.2 Å². The Hall–Kier alpha value is -3.70. The van der Waals surface area contributed by atoms with Crippen LogP contribution in [0.15, 0.2) is 65.9 Å². The van der Waals surface area contributed by atoms with Crippen LogP contribution in [0.3, 0.4) is 0 Å². The fourth-order valence-electron chi connectivity index (χ4n) is 7.31. The summed E-state index contributed by atoms with van der Waals surface area (Å²) in [5.74, 6) is -1.38. The summed E-state index contributed by atoms with van der Waals surface area (Å²) in [6, 6.07) is 10.0. The summed E-state index contributed by atoms with van der Waals surface area (Å²) in [5, 5.41) is 23.7. The van der Waals surface area contributed by atoms with Crippen molar-refractivity contribution in [1.82, 2.24) is 10.3 Å². The average molecular weight is 646 g/mol. The number of ether oxygens (including phenoxy) is 2. The lowest BCUT2D eigenvalue weighted by Gasteiger charge is -2.37. The number of hydrogen-bond acceptors (Lipinski definition) is 10. The minimum atomic E-state index is -2.17. The maximum atomic E-state index is 14.4. The van der Waals surface area contributed by atoms with Gasteiger partial charge in [-0.05, 0) is 81.2 Å². The fraction of sp³-hybridized carbons (Fsp3) is 0.514. The van der Waals surface area contributed by atoms with Crippen LogP contribution < -0.4 is 11.1 Å². The second-order valence-corrected chi connectivity index (χ2v) is 13.0. The van der Waals surface area contributed by atoms with Gasteiger partial charge in [0.15, 0.2) is 11.4 Å². The van der Waals surface area contributed by atoms with E-state index < -0.39 is 34.8 Å². The van der Waals surface area contributed by atoms with Crippen molar-refractivity contribution < 1.29 is 34.1 Å². The number of hydrogen-bond donors (Lipinski definition) is 4. The molecule has 6 unspecified atom stereocenters. The molecule has 0 spiro atoms. The molecule has 0 radical (unpaired) electrons. The molecule has 2 aromatic rings. The first-order valence-electron chi connectivity index (χ1n) is 16.8. The molecule has 0 amide bonds. The summed E-state index contributed by atoms with van der Waals surface area (Å²) in [6.07, 6.45) is 8.85. The second-order valence-electron chi connectivity index (χ2n) is 13.0. The van der Waals surface area contributed by atoms with Gasteiger partial charge in [-0.3, -0.25) is 9.59 Å². The second kappa shape index (κ2) is 14.6. The number of fused-ring (bicyclic) bond motifs is 2. The van der Waals surface area contributed by atoms with Gasteiger partial charge in [0, 0.05) is 42.3 Å². The number of likely N-dealkylation sites (N-methyl/N-ethyl adjacent to an activating group) is 1. The van der Waals surface area contributed by atoms with Crippen molar-refractivity contribution >= 4 is 23.4 Å². The highest BCUT2D eigenvalue weighted by Gasteiger charge is 2.85. The van der Waals surface area contributed by atoms with E-state index in [-0.39, 0.29) is 42.7 Å². The molecule has 2 aliphatic carbocycles. The number of aryl methyl sites for hydroxylation is 1. The summed E-state index contributed by atoms with van der Waals surface area (Å²) in [5.41, 5.74) is 4.46. The van der Waals surface area contributed by atoms with Crippen molar-refractivity contribution in [1.29, 1.82) is 0 Å². The molecule has 1 aromatic carbocycles. The standard InChI is InChI=1S/C37H47N3O7/c1-4-24-14-15-30(39-5-2)29(19-24)31(11-8-18-41)46-35(45)37-34(44)28-10-7-6-9-27(28)33(43)36(37,47-37)21-26(22-42)23(3)12-13-25-16-17-40-32(38)20-25/h6-7,9-10,14-17,20,24,29-31,39,41-42H,4-5,8,11-13,18-19,21-22H2,1-3H3,(H2,38,40). The number of rotatable bonds is 15. The normalized spacial score (nSPS) is 27.5. The number of esters is 1. The monoisotopic (exact) mass is 645 g/mol. The van der Waals surface area contributed by atoms with Gasteiger partial charge in [0.05, 0.1) is 6.61 Å². The molecule has 0 saturated carbocycles. The Bertz CT molecular complexity index is 1550. The largest absolute Gasteiger partial charge is 0.459 e. The lowest BCUT2D eigenvalue weighted by molar-refractivity contribution is -0.158. The van der Waals surface area contributed by atoms with E-state index in [0.29, 0.717) is 49.5 Å². The zero-order valence-corrected chi connectivity index (χ0v) is 27.5. The molecule has 10 nitrogen and oxygen atoms in total. The highest BCUT2D eigenvalue weighted by Crippen LogP contribution is 2.59. The van der Waals surface area contributed by atoms with Crippen LogP contribution in [0.2, 0.25) is 0 Å². The number of anilines is 1. The maximum absolute atomic E-state index is 14.4. The van der Waals surface area contributed by atoms with E-state index in [1.54, 1.807) is 30.5 Å². The predicted molar refractivity (Wildman–Crippen MR) is 178 cm³/mol. The van der Waals surface area contributed by atoms with Gasteiger partial charge in [-0.2, -0.15) is 0 Å². The number of epoxide rings is 1. The van der Waals surface area contributed by atoms with Crippen molar-refractivity contribution in [2.24, 2.45) is 11.8 Å². The SMILES string of the molecule is CCNC1C=CC(CC)CC1C(CCCO)OC(=O)C12OC1(CC(CO)=C(C)CCc1ccnc(N)c1)C(=O)c1ccccc1C2=O. The number of Topliss-reactive ketones (excluding diaryl/α,β-unsaturated/α-hetero) is 2. The number of nitrogens with two attached hydrogens (primary N) is 1. The van der Waals surface area contributed by atoms with Gasteiger partial charge in [-0.1, -0.05) is 55.8 Å². The van der Waals surface area contributed by atoms with Crippen LogP contribution in [-0.2, 0) is 20.7 Å². The van der Waals surface area contributed by atoms with Crippen molar-refractivity contribution in [3.63, 3.8) is 0 Å². The van der Waals surface area contributed by atoms with Crippen molar-refractivity contribution in [3.8, 4) is 0 Å². The fourth-order valence-corrected chi connectivity index (χ4v) is 7.31. The number of aromatic nitrogens is 1. The number of pyridine rings is 1. The third-order valence-electron chi connectivity index (χ3n) is 10.1. The van der Waals surface area contributed by atoms with Gasteiger partial charge in [0.25, 0.3) is 5.60 Å². The number of allylic oxidation sites excluding steroid dienone is 2. The number of carbonyl (C=O) groups is 3. The zero-order chi connectivity index (χ0) is 33.8. The third kappa shape index (κ3) is 6.56. The number of aliphatic hydroxyl groups excluding tert-OH is 2. The zero-order valence-electron chi connectivity index (χ0n) is 27.5. The van der Waals surface area contributed by atoms with Crippen LogP contribution in [0, 0.1) is 11.8 Å². The number of benzene rings is 1. The molecule has 252 valence electrons. The Balaban J connectivity index is 1.48. The number of nitrogens with zero attached hydrogens (tertiary/aromatic N) is 1. The van der Waals surface area contributed by atoms with Crippen molar-refractivity contribution in [2.75, 3.05) is 25.5 Å². The maximum Gasteiger partial charge on any atom is 0.350 e. The summed E-state index contributed by atoms with van der Waals surface area (Å²) in [7, 11) is 0. The molecule has 47 heavy (non-hydrogen) atoms. The minimum Gasteiger partial charge on any atom is -0.459 e. The summed E-state index contributed by atoms with van der Waals surface area (Å²) >= 11 is 0. The van der Waals surface area contributed by atoms with Crippen LogP contribution in [0.5, 0.6) is 0 Å². The first-order chi connectivity index (χ1) is 22.6. The molecule has 5 rings (SSSR count). The molecule has 5 N–H and O–H groups in total. The number of ketones is 2. The average Bonchev–Trinajstić information content (AvgIpc) is 3.79. The van der Waals surface area contributed by atoms with Crippen LogP contribution in [0.4, 0.5) is 5.82 Å². The van der Waals surface area contributed by atoms with E-state index >= 15 is 0 Å². The van der Waals surface area contributed by atoms with Crippen LogP contribution in [0.25, 0.3) is 0 Å². The minimum absolute atomic E-state index is 0.0617. The summed E-state index contributed by atoms with van der Waals surface area (Å²) in [4.78, 5) is 47.0. The van der Waals surface area contributed by atoms with Gasteiger partial charge in [0.2, 0.25) is 5.78 Å². The van der Waals surface area contributed by atoms with Gasteiger partial charge >= 0.3 is 5.97 Å². The Morgan fingerprint density at radius 3 is 2.55 bits per heavy atom. The summed E-state index contributed by atoms with van der Waals surface area (Å²) < 4.78 is 12.4. The predicted octanol–water partition coefficient (Wildman–Crippen LogP) is 4.15. The van der Waals surface area contributed by atoms with Crippen LogP contribution >= 0.6 is 0 Å². The Morgan fingerprint density at radius 1 is 1.15 bits per heavy atom.